The summed E-state index contributed by atoms with van der Waals surface area (Å²) < 4.78 is 0. The Morgan fingerprint density at radius 3 is 2.89 bits per heavy atom. The van der Waals surface area contributed by atoms with E-state index < -0.39 is 0 Å². The van der Waals surface area contributed by atoms with E-state index in [2.05, 4.69) is 26.8 Å². The van der Waals surface area contributed by atoms with Gasteiger partial charge in [-0.3, -0.25) is 9.97 Å². The van der Waals surface area contributed by atoms with Crippen LogP contribution in [0.3, 0.4) is 0 Å². The molecule has 0 fully saturated rings. The van der Waals surface area contributed by atoms with Gasteiger partial charge < -0.3 is 4.90 Å². The van der Waals surface area contributed by atoms with Gasteiger partial charge in [-0.25, -0.2) is 4.98 Å². The van der Waals surface area contributed by atoms with E-state index in [1.165, 1.54) is 23.5 Å². The first kappa shape index (κ1) is 12.5. The van der Waals surface area contributed by atoms with Crippen LogP contribution >= 0.6 is 11.3 Å². The van der Waals surface area contributed by atoms with Crippen molar-refractivity contribution in [1.82, 2.24) is 15.0 Å². The average molecular weight is 274 g/mol. The van der Waals surface area contributed by atoms with Gasteiger partial charge in [0.1, 0.15) is 5.00 Å². The third-order valence-electron chi connectivity index (χ3n) is 3.49. The topological polar surface area (TPSA) is 41.9 Å². The summed E-state index contributed by atoms with van der Waals surface area (Å²) in [5.74, 6) is 0. The molecule has 0 bridgehead atoms. The van der Waals surface area contributed by atoms with Crippen LogP contribution in [0.1, 0.15) is 34.9 Å². The number of hydrogen-bond acceptors (Lipinski definition) is 5. The van der Waals surface area contributed by atoms with Crippen LogP contribution in [0.4, 0.5) is 5.00 Å². The summed E-state index contributed by atoms with van der Waals surface area (Å²) in [6.45, 7) is 6.04. The number of aryl methyl sites for hydroxylation is 3. The van der Waals surface area contributed by atoms with Crippen LogP contribution in [0.25, 0.3) is 0 Å². The zero-order valence-electron chi connectivity index (χ0n) is 11.4. The van der Waals surface area contributed by atoms with Gasteiger partial charge in [-0.2, -0.15) is 0 Å². The van der Waals surface area contributed by atoms with E-state index in [0.717, 1.165) is 35.9 Å². The molecule has 0 amide bonds. The van der Waals surface area contributed by atoms with Crippen LogP contribution in [0.15, 0.2) is 12.4 Å². The van der Waals surface area contributed by atoms with Crippen LogP contribution in [0.5, 0.6) is 0 Å². The molecule has 0 aliphatic carbocycles. The van der Waals surface area contributed by atoms with Crippen LogP contribution in [0.2, 0.25) is 0 Å². The van der Waals surface area contributed by atoms with Gasteiger partial charge in [-0.05, 0) is 33.1 Å². The lowest BCUT2D eigenvalue weighted by atomic mass is 10.2. The third-order valence-corrected chi connectivity index (χ3v) is 4.56. The van der Waals surface area contributed by atoms with Crippen LogP contribution in [-0.4, -0.2) is 21.5 Å². The fourth-order valence-corrected chi connectivity index (χ4v) is 3.48. The third kappa shape index (κ3) is 2.61. The minimum absolute atomic E-state index is 0.842. The molecule has 2 aromatic heterocycles. The maximum Gasteiger partial charge on any atom is 0.115 e. The first-order valence-electron chi connectivity index (χ1n) is 6.72. The van der Waals surface area contributed by atoms with Crippen molar-refractivity contribution < 1.29 is 0 Å². The number of thiazole rings is 1. The van der Waals surface area contributed by atoms with Crippen molar-refractivity contribution in [1.29, 1.82) is 0 Å². The molecule has 0 saturated carbocycles. The smallest absolute Gasteiger partial charge is 0.115 e. The molecule has 2 aromatic rings. The Balaban J connectivity index is 1.90. The SMILES string of the molecule is Cc1nc2c(s1)N(Cc1nccnc1C)CCCC2. The van der Waals surface area contributed by atoms with Gasteiger partial charge in [0.05, 0.1) is 28.6 Å². The predicted molar refractivity (Wildman–Crippen MR) is 77.6 cm³/mol. The minimum atomic E-state index is 0.842. The lowest BCUT2D eigenvalue weighted by Gasteiger charge is -2.22. The summed E-state index contributed by atoms with van der Waals surface area (Å²) >= 11 is 1.80. The average Bonchev–Trinajstić information content (AvgIpc) is 2.67. The summed E-state index contributed by atoms with van der Waals surface area (Å²) in [5.41, 5.74) is 3.36. The zero-order valence-corrected chi connectivity index (χ0v) is 12.2. The summed E-state index contributed by atoms with van der Waals surface area (Å²) in [7, 11) is 0. The Bertz CT molecular complexity index is 579. The molecule has 5 heteroatoms. The summed E-state index contributed by atoms with van der Waals surface area (Å²) in [5, 5.41) is 2.49. The van der Waals surface area contributed by atoms with Crippen molar-refractivity contribution in [2.45, 2.75) is 39.7 Å². The molecule has 19 heavy (non-hydrogen) atoms. The summed E-state index contributed by atoms with van der Waals surface area (Å²) in [4.78, 5) is 15.9. The maximum absolute atomic E-state index is 4.67. The molecule has 1 aliphatic heterocycles. The molecule has 0 spiro atoms. The fourth-order valence-electron chi connectivity index (χ4n) is 2.49. The molecule has 3 rings (SSSR count). The largest absolute Gasteiger partial charge is 0.356 e. The summed E-state index contributed by atoms with van der Waals surface area (Å²) in [6, 6.07) is 0. The van der Waals surface area contributed by atoms with E-state index in [1.54, 1.807) is 23.7 Å². The normalized spacial score (nSPS) is 15.2. The molecule has 100 valence electrons. The number of hydrogen-bond donors (Lipinski definition) is 0. The van der Waals surface area contributed by atoms with Gasteiger partial charge in [0.25, 0.3) is 0 Å². The van der Waals surface area contributed by atoms with E-state index in [-0.39, 0.29) is 0 Å². The van der Waals surface area contributed by atoms with Gasteiger partial charge in [-0.15, -0.1) is 11.3 Å². The highest BCUT2D eigenvalue weighted by Crippen LogP contribution is 2.33. The standard InChI is InChI=1S/C14H18N4S/c1-10-13(16-7-6-15-10)9-18-8-4-3-5-12-14(18)19-11(2)17-12/h6-7H,3-5,8-9H2,1-2H3. The van der Waals surface area contributed by atoms with Crippen LogP contribution in [0, 0.1) is 13.8 Å². The van der Waals surface area contributed by atoms with Crippen molar-refractivity contribution in [2.24, 2.45) is 0 Å². The van der Waals surface area contributed by atoms with Crippen molar-refractivity contribution in [3.8, 4) is 0 Å². The van der Waals surface area contributed by atoms with Crippen molar-refractivity contribution in [2.75, 3.05) is 11.4 Å². The second kappa shape index (κ2) is 5.25. The number of anilines is 1. The quantitative estimate of drug-likeness (QED) is 0.844. The first-order valence-corrected chi connectivity index (χ1v) is 7.53. The molecular weight excluding hydrogens is 256 g/mol. The van der Waals surface area contributed by atoms with E-state index >= 15 is 0 Å². The highest BCUT2D eigenvalue weighted by Gasteiger charge is 2.20. The van der Waals surface area contributed by atoms with Gasteiger partial charge in [-0.1, -0.05) is 0 Å². The van der Waals surface area contributed by atoms with Crippen molar-refractivity contribution in [3.63, 3.8) is 0 Å². The number of aromatic nitrogens is 3. The first-order chi connectivity index (χ1) is 9.24. The molecule has 0 unspecified atom stereocenters. The molecule has 0 aromatic carbocycles. The van der Waals surface area contributed by atoms with E-state index in [0.29, 0.717) is 0 Å². The van der Waals surface area contributed by atoms with Crippen molar-refractivity contribution >= 4 is 16.3 Å². The van der Waals surface area contributed by atoms with Crippen LogP contribution < -0.4 is 4.90 Å². The molecule has 3 heterocycles. The molecule has 0 saturated heterocycles. The van der Waals surface area contributed by atoms with E-state index in [1.807, 2.05) is 6.92 Å². The monoisotopic (exact) mass is 274 g/mol. The molecule has 0 radical (unpaired) electrons. The molecule has 1 aliphatic rings. The lowest BCUT2D eigenvalue weighted by molar-refractivity contribution is 0.703. The highest BCUT2D eigenvalue weighted by molar-refractivity contribution is 7.15. The predicted octanol–water partition coefficient (Wildman–Crippen LogP) is 2.89. The minimum Gasteiger partial charge on any atom is -0.356 e. The fraction of sp³-hybridized carbons (Fsp3) is 0.500. The van der Waals surface area contributed by atoms with Crippen LogP contribution in [-0.2, 0) is 13.0 Å². The maximum atomic E-state index is 4.67. The van der Waals surface area contributed by atoms with Gasteiger partial charge >= 0.3 is 0 Å². The highest BCUT2D eigenvalue weighted by atomic mass is 32.1. The number of nitrogens with zero attached hydrogens (tertiary/aromatic N) is 4. The molecular formula is C14H18N4S. The van der Waals surface area contributed by atoms with Crippen molar-refractivity contribution in [3.05, 3.63) is 34.5 Å². The lowest BCUT2D eigenvalue weighted by Crippen LogP contribution is -2.23. The van der Waals surface area contributed by atoms with Gasteiger partial charge in [0.15, 0.2) is 0 Å². The molecule has 0 atom stereocenters. The number of rotatable bonds is 2. The van der Waals surface area contributed by atoms with Gasteiger partial charge in [0, 0.05) is 18.9 Å². The molecule has 4 nitrogen and oxygen atoms in total. The van der Waals surface area contributed by atoms with E-state index in [9.17, 15) is 0 Å². The van der Waals surface area contributed by atoms with Gasteiger partial charge in [0.2, 0.25) is 0 Å². The molecule has 0 N–H and O–H groups in total. The Morgan fingerprint density at radius 1 is 1.21 bits per heavy atom. The Morgan fingerprint density at radius 2 is 2.05 bits per heavy atom. The Kier molecular flexibility index (Phi) is 3.46. The second-order valence-electron chi connectivity index (χ2n) is 4.95. The Hall–Kier alpha value is -1.49. The number of fused-ring (bicyclic) bond motifs is 1. The zero-order chi connectivity index (χ0) is 13.2. The summed E-state index contributed by atoms with van der Waals surface area (Å²) in [6.07, 6.45) is 7.09. The Labute approximate surface area is 117 Å². The van der Waals surface area contributed by atoms with E-state index in [4.69, 9.17) is 0 Å². The second-order valence-corrected chi connectivity index (χ2v) is 6.13.